The summed E-state index contributed by atoms with van der Waals surface area (Å²) in [5, 5.41) is 15.1. The van der Waals surface area contributed by atoms with Gasteiger partial charge in [-0.25, -0.2) is 9.97 Å². The van der Waals surface area contributed by atoms with Gasteiger partial charge in [-0.2, -0.15) is 0 Å². The van der Waals surface area contributed by atoms with Crippen LogP contribution in [0.15, 0.2) is 60.8 Å². The monoisotopic (exact) mass is 354 g/mol. The summed E-state index contributed by atoms with van der Waals surface area (Å²) in [5.74, 6) is 0.902. The highest BCUT2D eigenvalue weighted by atomic mass is 16.3. The molecule has 3 heteroatoms. The summed E-state index contributed by atoms with van der Waals surface area (Å²) < 4.78 is 0. The van der Waals surface area contributed by atoms with E-state index in [1.165, 1.54) is 32.7 Å². The van der Waals surface area contributed by atoms with Crippen LogP contribution in [0, 0.1) is 0 Å². The van der Waals surface area contributed by atoms with Gasteiger partial charge in [-0.1, -0.05) is 48.5 Å². The Balaban J connectivity index is 1.56. The van der Waals surface area contributed by atoms with Crippen molar-refractivity contribution in [3.8, 4) is 0 Å². The second-order valence-corrected chi connectivity index (χ2v) is 7.54. The normalized spacial score (nSPS) is 17.8. The van der Waals surface area contributed by atoms with Gasteiger partial charge in [-0.3, -0.25) is 0 Å². The Hall–Kier alpha value is -2.78. The van der Waals surface area contributed by atoms with Gasteiger partial charge in [0.1, 0.15) is 6.10 Å². The van der Waals surface area contributed by atoms with E-state index < -0.39 is 6.10 Å². The maximum atomic E-state index is 9.78. The van der Waals surface area contributed by atoms with Crippen LogP contribution in [0.4, 0.5) is 0 Å². The van der Waals surface area contributed by atoms with Gasteiger partial charge in [-0.05, 0) is 64.9 Å². The molecule has 1 unspecified atom stereocenters. The van der Waals surface area contributed by atoms with Crippen molar-refractivity contribution < 1.29 is 5.11 Å². The molecule has 0 spiro atoms. The lowest BCUT2D eigenvalue weighted by Crippen LogP contribution is -2.15. The van der Waals surface area contributed by atoms with Crippen molar-refractivity contribution in [2.45, 2.75) is 38.2 Å². The Morgan fingerprint density at radius 3 is 2.70 bits per heavy atom. The van der Waals surface area contributed by atoms with E-state index in [-0.39, 0.29) is 0 Å². The van der Waals surface area contributed by atoms with E-state index in [2.05, 4.69) is 58.5 Å². The lowest BCUT2D eigenvalue weighted by Gasteiger charge is -2.26. The first-order valence-electron chi connectivity index (χ1n) is 9.64. The molecular weight excluding hydrogens is 332 g/mol. The fourth-order valence-electron chi connectivity index (χ4n) is 4.44. The van der Waals surface area contributed by atoms with Crippen LogP contribution in [0.2, 0.25) is 0 Å². The molecule has 1 aliphatic carbocycles. The molecular formula is C24H22N2O. The van der Waals surface area contributed by atoms with Crippen molar-refractivity contribution in [3.63, 3.8) is 0 Å². The van der Waals surface area contributed by atoms with Crippen LogP contribution in [-0.2, 0) is 12.8 Å². The largest absolute Gasteiger partial charge is 0.385 e. The summed E-state index contributed by atoms with van der Waals surface area (Å²) in [6.45, 7) is 1.71. The average Bonchev–Trinajstić information content (AvgIpc) is 2.73. The lowest BCUT2D eigenvalue weighted by molar-refractivity contribution is 0.188. The molecule has 1 heterocycles. The predicted octanol–water partition coefficient (Wildman–Crippen LogP) is 5.11. The molecule has 0 saturated heterocycles. The second kappa shape index (κ2) is 6.43. The molecule has 1 aromatic heterocycles. The van der Waals surface area contributed by atoms with E-state index in [9.17, 15) is 5.11 Å². The first-order chi connectivity index (χ1) is 13.2. The van der Waals surface area contributed by atoms with Gasteiger partial charge in [0.2, 0.25) is 0 Å². The molecule has 0 fully saturated rings. The number of aliphatic hydroxyl groups excluding tert-OH is 1. The number of aromatic nitrogens is 2. The minimum atomic E-state index is -0.627. The van der Waals surface area contributed by atoms with Crippen molar-refractivity contribution in [1.29, 1.82) is 0 Å². The SMILES string of the molecule is CC(O)c1nccc([C@@H]2CCc3c(ccc4c3ccc3ccccc34)C2)n1. The highest BCUT2D eigenvalue weighted by molar-refractivity contribution is 6.08. The Bertz CT molecular complexity index is 1150. The smallest absolute Gasteiger partial charge is 0.156 e. The highest BCUT2D eigenvalue weighted by Crippen LogP contribution is 2.37. The first-order valence-corrected chi connectivity index (χ1v) is 9.64. The quantitative estimate of drug-likeness (QED) is 0.509. The molecule has 0 aliphatic heterocycles. The third-order valence-electron chi connectivity index (χ3n) is 5.83. The van der Waals surface area contributed by atoms with Gasteiger partial charge < -0.3 is 5.11 Å². The standard InChI is InChI=1S/C24H22N2O/c1-15(27)24-25-13-12-23(26-24)18-8-9-20-17(14-18)7-11-21-19-5-3-2-4-16(19)6-10-22(20)21/h2-7,10-13,15,18,27H,8-9,14H2,1H3/t15?,18-/m1/s1. The molecule has 0 saturated carbocycles. The maximum absolute atomic E-state index is 9.78. The van der Waals surface area contributed by atoms with Gasteiger partial charge in [0, 0.05) is 17.8 Å². The summed E-state index contributed by atoms with van der Waals surface area (Å²) in [6, 6.07) is 19.7. The maximum Gasteiger partial charge on any atom is 0.156 e. The molecule has 0 radical (unpaired) electrons. The molecule has 3 aromatic carbocycles. The topological polar surface area (TPSA) is 46.0 Å². The van der Waals surface area contributed by atoms with Gasteiger partial charge in [0.25, 0.3) is 0 Å². The van der Waals surface area contributed by atoms with E-state index >= 15 is 0 Å². The van der Waals surface area contributed by atoms with Crippen molar-refractivity contribution in [2.24, 2.45) is 0 Å². The van der Waals surface area contributed by atoms with E-state index in [4.69, 9.17) is 0 Å². The fraction of sp³-hybridized carbons (Fsp3) is 0.250. The van der Waals surface area contributed by atoms with Crippen LogP contribution < -0.4 is 0 Å². The third kappa shape index (κ3) is 2.79. The van der Waals surface area contributed by atoms with Crippen molar-refractivity contribution in [2.75, 3.05) is 0 Å². The summed E-state index contributed by atoms with van der Waals surface area (Å²) in [4.78, 5) is 8.80. The highest BCUT2D eigenvalue weighted by Gasteiger charge is 2.23. The van der Waals surface area contributed by atoms with Gasteiger partial charge in [-0.15, -0.1) is 0 Å². The summed E-state index contributed by atoms with van der Waals surface area (Å²) in [6.07, 6.45) is 4.28. The first kappa shape index (κ1) is 16.4. The van der Waals surface area contributed by atoms with Crippen molar-refractivity contribution in [3.05, 3.63) is 83.4 Å². The molecule has 27 heavy (non-hydrogen) atoms. The molecule has 5 rings (SSSR count). The number of nitrogens with zero attached hydrogens (tertiary/aromatic N) is 2. The molecule has 1 N–H and O–H groups in total. The summed E-state index contributed by atoms with van der Waals surface area (Å²) in [7, 11) is 0. The van der Waals surface area contributed by atoms with Crippen LogP contribution in [0.1, 0.15) is 48.0 Å². The Kier molecular flexibility index (Phi) is 3.91. The van der Waals surface area contributed by atoms with E-state index in [1.54, 1.807) is 13.1 Å². The van der Waals surface area contributed by atoms with E-state index in [1.807, 2.05) is 6.07 Å². The molecule has 134 valence electrons. The number of rotatable bonds is 2. The minimum Gasteiger partial charge on any atom is -0.385 e. The third-order valence-corrected chi connectivity index (χ3v) is 5.83. The van der Waals surface area contributed by atoms with Gasteiger partial charge in [0.15, 0.2) is 5.82 Å². The Morgan fingerprint density at radius 2 is 1.81 bits per heavy atom. The summed E-state index contributed by atoms with van der Waals surface area (Å²) in [5.41, 5.74) is 3.95. The molecule has 0 amide bonds. The molecule has 0 bridgehead atoms. The number of aryl methyl sites for hydroxylation is 1. The molecule has 2 atom stereocenters. The zero-order chi connectivity index (χ0) is 18.4. The lowest BCUT2D eigenvalue weighted by atomic mass is 9.79. The molecule has 4 aromatic rings. The fourth-order valence-corrected chi connectivity index (χ4v) is 4.44. The van der Waals surface area contributed by atoms with Crippen LogP contribution in [0.5, 0.6) is 0 Å². The minimum absolute atomic E-state index is 0.385. The van der Waals surface area contributed by atoms with Crippen LogP contribution >= 0.6 is 0 Å². The Labute approximate surface area is 158 Å². The number of hydrogen-bond acceptors (Lipinski definition) is 3. The molecule has 3 nitrogen and oxygen atoms in total. The van der Waals surface area contributed by atoms with E-state index in [0.717, 1.165) is 25.0 Å². The Morgan fingerprint density at radius 1 is 0.963 bits per heavy atom. The predicted molar refractivity (Wildman–Crippen MR) is 109 cm³/mol. The summed E-state index contributed by atoms with van der Waals surface area (Å²) >= 11 is 0. The van der Waals surface area contributed by atoms with Crippen molar-refractivity contribution >= 4 is 21.5 Å². The number of fused-ring (bicyclic) bond motifs is 5. The van der Waals surface area contributed by atoms with Crippen LogP contribution in [0.3, 0.4) is 0 Å². The number of benzene rings is 3. The number of aliphatic hydroxyl groups is 1. The van der Waals surface area contributed by atoms with Gasteiger partial charge in [0.05, 0.1) is 0 Å². The van der Waals surface area contributed by atoms with Crippen LogP contribution in [0.25, 0.3) is 21.5 Å². The average molecular weight is 354 g/mol. The second-order valence-electron chi connectivity index (χ2n) is 7.54. The van der Waals surface area contributed by atoms with Gasteiger partial charge >= 0.3 is 0 Å². The van der Waals surface area contributed by atoms with E-state index in [0.29, 0.717) is 11.7 Å². The van der Waals surface area contributed by atoms with Crippen LogP contribution in [-0.4, -0.2) is 15.1 Å². The zero-order valence-corrected chi connectivity index (χ0v) is 15.4. The van der Waals surface area contributed by atoms with Crippen molar-refractivity contribution in [1.82, 2.24) is 9.97 Å². The zero-order valence-electron chi connectivity index (χ0n) is 15.4. The number of hydrogen-bond donors (Lipinski definition) is 1. The molecule has 1 aliphatic rings.